The third-order valence-corrected chi connectivity index (χ3v) is 9.35. The molecule has 0 heterocycles. The first kappa shape index (κ1) is 39.7. The molecule has 2 amide bonds. The van der Waals surface area contributed by atoms with Crippen LogP contribution in [0.15, 0.2) is 65.6 Å². The molecular formula is C36H48F2N4O6S. The van der Waals surface area contributed by atoms with Crippen LogP contribution in [0.3, 0.4) is 0 Å². The van der Waals surface area contributed by atoms with Gasteiger partial charge in [-0.2, -0.15) is 0 Å². The van der Waals surface area contributed by atoms with Gasteiger partial charge in [0.1, 0.15) is 11.6 Å². The van der Waals surface area contributed by atoms with E-state index in [9.17, 15) is 37.0 Å². The largest absolute Gasteiger partial charge is 0.395 e. The first-order chi connectivity index (χ1) is 23.4. The highest BCUT2D eigenvalue weighted by Gasteiger charge is 2.26. The highest BCUT2D eigenvalue weighted by molar-refractivity contribution is 7.89. The van der Waals surface area contributed by atoms with Crippen molar-refractivity contribution in [2.45, 2.75) is 76.5 Å². The number of nitrogens with zero attached hydrogens (tertiary/aromatic N) is 1. The predicted molar refractivity (Wildman–Crippen MR) is 185 cm³/mol. The highest BCUT2D eigenvalue weighted by atomic mass is 32.2. The van der Waals surface area contributed by atoms with Crippen molar-refractivity contribution in [1.29, 1.82) is 0 Å². The minimum absolute atomic E-state index is 0.0282. The number of aliphatic hydroxyl groups is 2. The van der Waals surface area contributed by atoms with E-state index in [1.54, 1.807) is 4.90 Å². The molecule has 0 aliphatic heterocycles. The van der Waals surface area contributed by atoms with Gasteiger partial charge in [0.2, 0.25) is 10.0 Å². The lowest BCUT2D eigenvalue weighted by atomic mass is 9.98. The zero-order valence-corrected chi connectivity index (χ0v) is 29.2. The maximum absolute atomic E-state index is 14.1. The normalized spacial score (nSPS) is 12.8. The van der Waals surface area contributed by atoms with Crippen LogP contribution >= 0.6 is 0 Å². The lowest BCUT2D eigenvalue weighted by Crippen LogP contribution is -2.46. The summed E-state index contributed by atoms with van der Waals surface area (Å²) in [5.41, 5.74) is 2.26. The van der Waals surface area contributed by atoms with Crippen LogP contribution in [0.25, 0.3) is 0 Å². The molecule has 3 aromatic carbocycles. The third-order valence-electron chi connectivity index (χ3n) is 7.91. The van der Waals surface area contributed by atoms with Gasteiger partial charge in [0.15, 0.2) is 0 Å². The van der Waals surface area contributed by atoms with E-state index >= 15 is 0 Å². The fourth-order valence-electron chi connectivity index (χ4n) is 5.47. The number of carbonyl (C=O) groups excluding carboxylic acids is 2. The molecule has 0 bridgehead atoms. The Labute approximate surface area is 288 Å². The maximum Gasteiger partial charge on any atom is 0.253 e. The summed E-state index contributed by atoms with van der Waals surface area (Å²) >= 11 is 0. The summed E-state index contributed by atoms with van der Waals surface area (Å²) in [7, 11) is -4.23. The molecule has 0 aliphatic carbocycles. The molecule has 10 nitrogen and oxygen atoms in total. The fourth-order valence-corrected chi connectivity index (χ4v) is 6.56. The van der Waals surface area contributed by atoms with Crippen molar-refractivity contribution < 1.29 is 37.0 Å². The van der Waals surface area contributed by atoms with Crippen molar-refractivity contribution in [1.82, 2.24) is 20.3 Å². The van der Waals surface area contributed by atoms with Crippen molar-refractivity contribution >= 4 is 21.8 Å². The lowest BCUT2D eigenvalue weighted by Gasteiger charge is -2.25. The SMILES string of the molecule is CCCN(CCC)C(=O)c1cc(C(=O)N[C@@H](Cc2cc(F)cc(F)c2)[C@@H](O)CCNCc2cccc(CC)c2)cc(S(=O)(=O)NCCO)c1. The molecule has 3 aromatic rings. The summed E-state index contributed by atoms with van der Waals surface area (Å²) < 4.78 is 56.6. The van der Waals surface area contributed by atoms with Gasteiger partial charge in [0.25, 0.3) is 11.8 Å². The Morgan fingerprint density at radius 1 is 0.857 bits per heavy atom. The van der Waals surface area contributed by atoms with Crippen LogP contribution in [-0.4, -0.2) is 80.3 Å². The van der Waals surface area contributed by atoms with Crippen molar-refractivity contribution in [3.05, 3.63) is 100 Å². The molecule has 13 heteroatoms. The molecule has 0 spiro atoms. The highest BCUT2D eigenvalue weighted by Crippen LogP contribution is 2.20. The van der Waals surface area contributed by atoms with Crippen LogP contribution in [-0.2, 0) is 29.4 Å². The number of aryl methyl sites for hydroxylation is 1. The van der Waals surface area contributed by atoms with Crippen molar-refractivity contribution in [3.8, 4) is 0 Å². The summed E-state index contributed by atoms with van der Waals surface area (Å²) in [6.07, 6.45) is 1.08. The van der Waals surface area contributed by atoms with E-state index < -0.39 is 52.2 Å². The topological polar surface area (TPSA) is 148 Å². The number of amides is 2. The molecule has 49 heavy (non-hydrogen) atoms. The molecule has 0 saturated carbocycles. The number of nitrogens with one attached hydrogen (secondary N) is 3. The van der Waals surface area contributed by atoms with Crippen LogP contribution in [0.4, 0.5) is 8.78 Å². The van der Waals surface area contributed by atoms with E-state index in [0.29, 0.717) is 39.0 Å². The van der Waals surface area contributed by atoms with Gasteiger partial charge in [-0.05, 0) is 85.7 Å². The Bertz CT molecular complexity index is 1630. The van der Waals surface area contributed by atoms with Crippen LogP contribution in [0.1, 0.15) is 77.4 Å². The first-order valence-corrected chi connectivity index (χ1v) is 18.2. The van der Waals surface area contributed by atoms with Crippen molar-refractivity contribution in [2.24, 2.45) is 0 Å². The van der Waals surface area contributed by atoms with Gasteiger partial charge in [0.05, 0.1) is 23.6 Å². The second kappa shape index (κ2) is 19.4. The van der Waals surface area contributed by atoms with Crippen LogP contribution < -0.4 is 15.4 Å². The van der Waals surface area contributed by atoms with E-state index in [1.165, 1.54) is 17.7 Å². The fraction of sp³-hybridized carbons (Fsp3) is 0.444. The quantitative estimate of drug-likeness (QED) is 0.112. The summed E-state index contributed by atoms with van der Waals surface area (Å²) in [5.74, 6) is -2.88. The summed E-state index contributed by atoms with van der Waals surface area (Å²) in [4.78, 5) is 28.5. The van der Waals surface area contributed by atoms with E-state index in [2.05, 4.69) is 28.3 Å². The summed E-state index contributed by atoms with van der Waals surface area (Å²) in [5, 5.41) is 26.4. The van der Waals surface area contributed by atoms with Gasteiger partial charge in [-0.15, -0.1) is 0 Å². The molecule has 0 unspecified atom stereocenters. The minimum atomic E-state index is -4.23. The molecule has 0 aliphatic rings. The van der Waals surface area contributed by atoms with Gasteiger partial charge in [0, 0.05) is 43.4 Å². The summed E-state index contributed by atoms with van der Waals surface area (Å²) in [6, 6.07) is 13.6. The number of benzene rings is 3. The minimum Gasteiger partial charge on any atom is -0.395 e. The zero-order valence-electron chi connectivity index (χ0n) is 28.3. The molecule has 5 N–H and O–H groups in total. The lowest BCUT2D eigenvalue weighted by molar-refractivity contribution is 0.0755. The Hall–Kier alpha value is -3.75. The smallest absolute Gasteiger partial charge is 0.253 e. The van der Waals surface area contributed by atoms with Crippen molar-refractivity contribution in [2.75, 3.05) is 32.8 Å². The standard InChI is InChI=1S/C36H48F2N4O6S/c1-4-13-42(14-5-2)36(46)29-20-28(21-32(22-29)49(47,48)40-12-15-43)35(45)41-33(19-27-17-30(37)23-31(38)18-27)34(44)10-11-39-24-26-9-7-8-25(6-3)16-26/h7-9,16-18,20-23,33-34,39-40,43-44H,4-6,10-15,19,24H2,1-3H3,(H,41,45)/t33-,34-/m0/s1. The number of carbonyl (C=O) groups is 2. The van der Waals surface area contributed by atoms with E-state index in [-0.39, 0.29) is 41.0 Å². The number of rotatable bonds is 20. The Kier molecular flexibility index (Phi) is 15.7. The molecule has 0 aromatic heterocycles. The van der Waals surface area contributed by atoms with Crippen molar-refractivity contribution in [3.63, 3.8) is 0 Å². The molecule has 2 atom stereocenters. The Morgan fingerprint density at radius 3 is 2.14 bits per heavy atom. The first-order valence-electron chi connectivity index (χ1n) is 16.7. The monoisotopic (exact) mass is 702 g/mol. The number of aliphatic hydroxyl groups excluding tert-OH is 2. The zero-order chi connectivity index (χ0) is 36.0. The number of halogens is 2. The van der Waals surface area contributed by atoms with Gasteiger partial charge < -0.3 is 25.7 Å². The van der Waals surface area contributed by atoms with E-state index in [4.69, 9.17) is 0 Å². The van der Waals surface area contributed by atoms with E-state index in [1.807, 2.05) is 32.0 Å². The molecule has 3 rings (SSSR count). The van der Waals surface area contributed by atoms with Gasteiger partial charge in [-0.1, -0.05) is 45.0 Å². The number of hydrogen-bond donors (Lipinski definition) is 5. The Balaban J connectivity index is 1.91. The average molecular weight is 703 g/mol. The third kappa shape index (κ3) is 12.3. The number of sulfonamides is 1. The molecule has 268 valence electrons. The van der Waals surface area contributed by atoms with Gasteiger partial charge in [-0.25, -0.2) is 21.9 Å². The maximum atomic E-state index is 14.1. The van der Waals surface area contributed by atoms with Gasteiger partial charge >= 0.3 is 0 Å². The average Bonchev–Trinajstić information content (AvgIpc) is 3.07. The van der Waals surface area contributed by atoms with Crippen LogP contribution in [0.5, 0.6) is 0 Å². The summed E-state index contributed by atoms with van der Waals surface area (Å²) in [6.45, 7) is 6.87. The predicted octanol–water partition coefficient (Wildman–Crippen LogP) is 3.94. The van der Waals surface area contributed by atoms with Crippen LogP contribution in [0, 0.1) is 11.6 Å². The Morgan fingerprint density at radius 2 is 1.51 bits per heavy atom. The molecule has 0 saturated heterocycles. The van der Waals surface area contributed by atoms with Gasteiger partial charge in [-0.3, -0.25) is 9.59 Å². The van der Waals surface area contributed by atoms with Crippen LogP contribution in [0.2, 0.25) is 0 Å². The molecule has 0 fully saturated rings. The molecule has 0 radical (unpaired) electrons. The van der Waals surface area contributed by atoms with E-state index in [0.717, 1.165) is 36.2 Å². The number of hydrogen-bond acceptors (Lipinski definition) is 7. The second-order valence-corrected chi connectivity index (χ2v) is 13.7. The second-order valence-electron chi connectivity index (χ2n) is 11.9. The molecular weight excluding hydrogens is 654 g/mol.